The molecule has 1 fully saturated rings. The fraction of sp³-hybridized carbons (Fsp3) is 0.381. The van der Waals surface area contributed by atoms with Crippen LogP contribution in [0.1, 0.15) is 18.7 Å². The number of H-pyrrole nitrogens is 1. The number of rotatable bonds is 7. The summed E-state index contributed by atoms with van der Waals surface area (Å²) in [5.41, 5.74) is 4.78. The second-order valence-corrected chi connectivity index (χ2v) is 8.05. The van der Waals surface area contributed by atoms with Gasteiger partial charge in [-0.2, -0.15) is 4.98 Å². The summed E-state index contributed by atoms with van der Waals surface area (Å²) in [5.74, 6) is -0.496. The molecule has 32 heavy (non-hydrogen) atoms. The molecule has 11 nitrogen and oxygen atoms in total. The summed E-state index contributed by atoms with van der Waals surface area (Å²) in [6.45, 7) is 0.782. The Morgan fingerprint density at radius 1 is 1.41 bits per heavy atom. The van der Waals surface area contributed by atoms with E-state index in [2.05, 4.69) is 15.3 Å². The van der Waals surface area contributed by atoms with Crippen molar-refractivity contribution in [2.45, 2.75) is 43.4 Å². The van der Waals surface area contributed by atoms with Crippen LogP contribution in [-0.2, 0) is 16.0 Å². The van der Waals surface area contributed by atoms with E-state index >= 15 is 0 Å². The average molecular weight is 443 g/mol. The first-order valence-electron chi connectivity index (χ1n) is 10.1. The maximum Gasteiger partial charge on any atom is 0.351 e. The summed E-state index contributed by atoms with van der Waals surface area (Å²) in [4.78, 5) is 31.7. The third-order valence-corrected chi connectivity index (χ3v) is 5.78. The topological polar surface area (TPSA) is 176 Å². The number of primary amides is 1. The van der Waals surface area contributed by atoms with Gasteiger partial charge in [0.1, 0.15) is 29.7 Å². The van der Waals surface area contributed by atoms with Crippen molar-refractivity contribution in [1.29, 1.82) is 0 Å². The Morgan fingerprint density at radius 2 is 2.16 bits per heavy atom. The SMILES string of the molecule is C[C@@]1(O)C(O)C(CO)OC1n1ccc(NC(Cc2c[nH]c3ccccc23)C(N)=O)nc1=O. The summed E-state index contributed by atoms with van der Waals surface area (Å²) in [6.07, 6.45) is -0.285. The third-order valence-electron chi connectivity index (χ3n) is 5.78. The Kier molecular flexibility index (Phi) is 5.73. The Hall–Kier alpha value is -3.25. The van der Waals surface area contributed by atoms with Gasteiger partial charge < -0.3 is 36.1 Å². The molecule has 3 heterocycles. The highest BCUT2D eigenvalue weighted by Gasteiger charge is 2.53. The number of ether oxygens (including phenoxy) is 1. The molecule has 3 aromatic rings. The van der Waals surface area contributed by atoms with Crippen LogP contribution in [0.25, 0.3) is 10.9 Å². The normalized spacial score (nSPS) is 26.3. The van der Waals surface area contributed by atoms with Gasteiger partial charge in [-0.15, -0.1) is 0 Å². The molecule has 0 spiro atoms. The molecule has 1 aliphatic rings. The van der Waals surface area contributed by atoms with Crippen molar-refractivity contribution in [2.75, 3.05) is 11.9 Å². The molecule has 4 unspecified atom stereocenters. The average Bonchev–Trinajstić information content (AvgIpc) is 3.26. The monoisotopic (exact) mass is 443 g/mol. The first-order valence-corrected chi connectivity index (χ1v) is 10.1. The number of carbonyl (C=O) groups is 1. The van der Waals surface area contributed by atoms with Crippen LogP contribution in [0.4, 0.5) is 5.82 Å². The fourth-order valence-electron chi connectivity index (χ4n) is 3.98. The number of benzene rings is 1. The predicted octanol–water partition coefficient (Wildman–Crippen LogP) is -0.765. The van der Waals surface area contributed by atoms with E-state index in [4.69, 9.17) is 10.5 Å². The number of para-hydroxylation sites is 1. The fourth-order valence-corrected chi connectivity index (χ4v) is 3.98. The Bertz CT molecular complexity index is 1190. The number of nitrogens with zero attached hydrogens (tertiary/aromatic N) is 2. The number of fused-ring (bicyclic) bond motifs is 1. The van der Waals surface area contributed by atoms with Gasteiger partial charge in [-0.25, -0.2) is 4.79 Å². The van der Waals surface area contributed by atoms with Crippen molar-refractivity contribution in [3.63, 3.8) is 0 Å². The zero-order chi connectivity index (χ0) is 23.0. The summed E-state index contributed by atoms with van der Waals surface area (Å²) in [7, 11) is 0. The first kappa shape index (κ1) is 22.0. The van der Waals surface area contributed by atoms with Crippen molar-refractivity contribution >= 4 is 22.6 Å². The van der Waals surface area contributed by atoms with E-state index in [9.17, 15) is 24.9 Å². The third kappa shape index (κ3) is 3.86. The molecule has 170 valence electrons. The number of aromatic nitrogens is 3. The Balaban J connectivity index is 1.55. The number of carbonyl (C=O) groups excluding carboxylic acids is 1. The maximum atomic E-state index is 12.6. The van der Waals surface area contributed by atoms with Gasteiger partial charge in [-0.3, -0.25) is 9.36 Å². The summed E-state index contributed by atoms with van der Waals surface area (Å²) in [5, 5.41) is 33.9. The number of hydrogen-bond donors (Lipinski definition) is 6. The molecular weight excluding hydrogens is 418 g/mol. The molecule has 7 N–H and O–H groups in total. The summed E-state index contributed by atoms with van der Waals surface area (Å²) < 4.78 is 6.47. The highest BCUT2D eigenvalue weighted by Crippen LogP contribution is 2.37. The molecule has 1 aliphatic heterocycles. The zero-order valence-corrected chi connectivity index (χ0v) is 17.3. The van der Waals surface area contributed by atoms with Gasteiger partial charge in [-0.1, -0.05) is 18.2 Å². The first-order chi connectivity index (χ1) is 15.2. The molecule has 1 aromatic carbocycles. The largest absolute Gasteiger partial charge is 0.394 e. The number of aromatic amines is 1. The predicted molar refractivity (Wildman–Crippen MR) is 115 cm³/mol. The van der Waals surface area contributed by atoms with Crippen LogP contribution < -0.4 is 16.7 Å². The van der Waals surface area contributed by atoms with E-state index in [-0.39, 0.29) is 12.2 Å². The Labute approximate surface area is 182 Å². The molecule has 1 amide bonds. The number of nitrogens with two attached hydrogens (primary N) is 1. The molecule has 0 aliphatic carbocycles. The summed E-state index contributed by atoms with van der Waals surface area (Å²) >= 11 is 0. The van der Waals surface area contributed by atoms with E-state index in [1.807, 2.05) is 24.3 Å². The smallest absolute Gasteiger partial charge is 0.351 e. The molecule has 0 saturated carbocycles. The van der Waals surface area contributed by atoms with Crippen LogP contribution >= 0.6 is 0 Å². The van der Waals surface area contributed by atoms with E-state index in [0.717, 1.165) is 21.0 Å². The van der Waals surface area contributed by atoms with Gasteiger partial charge in [0.05, 0.1) is 6.61 Å². The minimum atomic E-state index is -1.82. The van der Waals surface area contributed by atoms with Crippen molar-refractivity contribution in [2.24, 2.45) is 5.73 Å². The summed E-state index contributed by atoms with van der Waals surface area (Å²) in [6, 6.07) is 8.25. The zero-order valence-electron chi connectivity index (χ0n) is 17.3. The van der Waals surface area contributed by atoms with E-state index in [0.29, 0.717) is 0 Å². The minimum absolute atomic E-state index is 0.117. The Morgan fingerprint density at radius 3 is 2.81 bits per heavy atom. The number of hydrogen-bond acceptors (Lipinski definition) is 8. The lowest BCUT2D eigenvalue weighted by Gasteiger charge is -2.27. The molecule has 0 bridgehead atoms. The second-order valence-electron chi connectivity index (χ2n) is 8.05. The van der Waals surface area contributed by atoms with Crippen molar-refractivity contribution < 1.29 is 24.9 Å². The highest BCUT2D eigenvalue weighted by atomic mass is 16.6. The van der Waals surface area contributed by atoms with E-state index in [1.54, 1.807) is 6.20 Å². The number of nitrogens with one attached hydrogen (secondary N) is 2. The van der Waals surface area contributed by atoms with E-state index < -0.39 is 48.3 Å². The number of aliphatic hydroxyl groups excluding tert-OH is 2. The highest BCUT2D eigenvalue weighted by molar-refractivity contribution is 5.86. The van der Waals surface area contributed by atoms with Gasteiger partial charge in [0.15, 0.2) is 6.23 Å². The quantitative estimate of drug-likeness (QED) is 0.276. The van der Waals surface area contributed by atoms with Crippen LogP contribution in [0.15, 0.2) is 47.5 Å². The van der Waals surface area contributed by atoms with Gasteiger partial charge >= 0.3 is 5.69 Å². The van der Waals surface area contributed by atoms with Crippen LogP contribution in [0, 0.1) is 0 Å². The second kappa shape index (κ2) is 8.36. The lowest BCUT2D eigenvalue weighted by Crippen LogP contribution is -2.46. The molecule has 2 aromatic heterocycles. The standard InChI is InChI=1S/C21H25N5O6/c1-21(31)17(28)15(10-27)32-19(21)26-7-6-16(25-20(26)30)24-14(18(22)29)8-11-9-23-13-5-3-2-4-12(11)13/h2-7,9,14-15,17,19,23,27-28,31H,8,10H2,1H3,(H2,22,29)(H,24,25,30)/t14?,15?,17?,19?,21-/m1/s1. The molecular formula is C21H25N5O6. The maximum absolute atomic E-state index is 12.6. The molecule has 11 heteroatoms. The lowest BCUT2D eigenvalue weighted by molar-refractivity contribution is -0.118. The van der Waals surface area contributed by atoms with Crippen molar-refractivity contribution in [3.8, 4) is 0 Å². The van der Waals surface area contributed by atoms with Crippen LogP contribution in [0.5, 0.6) is 0 Å². The van der Waals surface area contributed by atoms with Crippen LogP contribution in [0.3, 0.4) is 0 Å². The van der Waals surface area contributed by atoms with Crippen LogP contribution in [-0.4, -0.2) is 66.2 Å². The van der Waals surface area contributed by atoms with Crippen molar-refractivity contribution in [3.05, 3.63) is 58.8 Å². The van der Waals surface area contributed by atoms with E-state index in [1.165, 1.54) is 19.2 Å². The van der Waals surface area contributed by atoms with Crippen molar-refractivity contribution in [1.82, 2.24) is 14.5 Å². The van der Waals surface area contributed by atoms with Gasteiger partial charge in [0.25, 0.3) is 0 Å². The van der Waals surface area contributed by atoms with Gasteiger partial charge in [0, 0.05) is 29.7 Å². The number of amides is 1. The molecule has 4 rings (SSSR count). The molecule has 1 saturated heterocycles. The minimum Gasteiger partial charge on any atom is -0.394 e. The number of anilines is 1. The van der Waals surface area contributed by atoms with Gasteiger partial charge in [0.2, 0.25) is 5.91 Å². The molecule has 5 atom stereocenters. The number of aliphatic hydroxyl groups is 3. The molecule has 0 radical (unpaired) electrons. The van der Waals surface area contributed by atoms with Crippen LogP contribution in [0.2, 0.25) is 0 Å². The van der Waals surface area contributed by atoms with Gasteiger partial charge in [-0.05, 0) is 24.6 Å². The lowest BCUT2D eigenvalue weighted by atomic mass is 9.96.